The second-order valence-corrected chi connectivity index (χ2v) is 6.65. The molecule has 1 aliphatic heterocycles. The van der Waals surface area contributed by atoms with E-state index in [2.05, 4.69) is 5.32 Å². The fourth-order valence-electron chi connectivity index (χ4n) is 3.59. The molecule has 1 aromatic rings. The molecule has 138 valence electrons. The predicted molar refractivity (Wildman–Crippen MR) is 92.8 cm³/mol. The Kier molecular flexibility index (Phi) is 5.65. The third-order valence-electron chi connectivity index (χ3n) is 4.89. The van der Waals surface area contributed by atoms with E-state index in [9.17, 15) is 19.2 Å². The Morgan fingerprint density at radius 2 is 1.65 bits per heavy atom. The Bertz CT molecular complexity index is 679. The Morgan fingerprint density at radius 3 is 2.27 bits per heavy atom. The number of imide groups is 1. The Labute approximate surface area is 151 Å². The van der Waals surface area contributed by atoms with Gasteiger partial charge in [-0.15, -0.1) is 0 Å². The maximum Gasteiger partial charge on any atom is 0.308 e. The van der Waals surface area contributed by atoms with Gasteiger partial charge in [0.15, 0.2) is 6.61 Å². The standard InChI is InChI=1S/C19H22N2O5/c22-16(20-13-6-2-1-3-7-13)12-26-17(23)10-11-21-18(24)14-8-4-5-9-15(14)19(21)25/h1-3,6-7,14-15H,4-5,8-12H2,(H,20,22)/t14-,15-/m1/s1. The zero-order valence-corrected chi connectivity index (χ0v) is 14.5. The molecule has 7 heteroatoms. The highest BCUT2D eigenvalue weighted by Gasteiger charge is 2.47. The van der Waals surface area contributed by atoms with Crippen molar-refractivity contribution in [1.29, 1.82) is 0 Å². The van der Waals surface area contributed by atoms with E-state index in [0.717, 1.165) is 25.7 Å². The molecular formula is C19H22N2O5. The van der Waals surface area contributed by atoms with Crippen molar-refractivity contribution in [1.82, 2.24) is 4.90 Å². The predicted octanol–water partition coefficient (Wildman–Crippen LogP) is 1.73. The first-order valence-corrected chi connectivity index (χ1v) is 8.92. The van der Waals surface area contributed by atoms with E-state index in [-0.39, 0.29) is 36.6 Å². The van der Waals surface area contributed by atoms with E-state index < -0.39 is 18.5 Å². The number of rotatable bonds is 6. The van der Waals surface area contributed by atoms with Crippen molar-refractivity contribution < 1.29 is 23.9 Å². The first-order chi connectivity index (χ1) is 12.6. The maximum atomic E-state index is 12.3. The minimum Gasteiger partial charge on any atom is -0.456 e. The number of para-hydroxylation sites is 1. The lowest BCUT2D eigenvalue weighted by atomic mass is 9.81. The number of esters is 1. The van der Waals surface area contributed by atoms with E-state index in [0.29, 0.717) is 5.69 Å². The number of nitrogens with zero attached hydrogens (tertiary/aromatic N) is 1. The van der Waals surface area contributed by atoms with Gasteiger partial charge in [0.25, 0.3) is 5.91 Å². The molecule has 0 spiro atoms. The molecule has 1 heterocycles. The molecule has 0 unspecified atom stereocenters. The van der Waals surface area contributed by atoms with Crippen LogP contribution in [0.3, 0.4) is 0 Å². The van der Waals surface area contributed by atoms with Gasteiger partial charge in [-0.25, -0.2) is 0 Å². The number of anilines is 1. The monoisotopic (exact) mass is 358 g/mol. The topological polar surface area (TPSA) is 92.8 Å². The number of fused-ring (bicyclic) bond motifs is 1. The fraction of sp³-hybridized carbons (Fsp3) is 0.474. The van der Waals surface area contributed by atoms with Crippen LogP contribution in [-0.4, -0.2) is 41.7 Å². The van der Waals surface area contributed by atoms with Crippen molar-refractivity contribution in [3.63, 3.8) is 0 Å². The summed E-state index contributed by atoms with van der Waals surface area (Å²) >= 11 is 0. The van der Waals surface area contributed by atoms with Gasteiger partial charge in [-0.1, -0.05) is 31.0 Å². The molecule has 7 nitrogen and oxygen atoms in total. The SMILES string of the molecule is O=C(COC(=O)CCN1C(=O)[C@@H]2CCCC[C@H]2C1=O)Nc1ccccc1. The van der Waals surface area contributed by atoms with Crippen LogP contribution in [0.5, 0.6) is 0 Å². The summed E-state index contributed by atoms with van der Waals surface area (Å²) in [6, 6.07) is 8.84. The van der Waals surface area contributed by atoms with Gasteiger partial charge >= 0.3 is 5.97 Å². The molecule has 3 rings (SSSR count). The van der Waals surface area contributed by atoms with Crippen molar-refractivity contribution >= 4 is 29.4 Å². The van der Waals surface area contributed by atoms with E-state index in [1.165, 1.54) is 4.90 Å². The van der Waals surface area contributed by atoms with Gasteiger partial charge in [0.2, 0.25) is 11.8 Å². The molecule has 0 aromatic heterocycles. The molecule has 2 atom stereocenters. The molecule has 1 saturated heterocycles. The lowest BCUT2D eigenvalue weighted by Crippen LogP contribution is -2.33. The average molecular weight is 358 g/mol. The molecular weight excluding hydrogens is 336 g/mol. The Hall–Kier alpha value is -2.70. The Morgan fingerprint density at radius 1 is 1.04 bits per heavy atom. The number of benzene rings is 1. The van der Waals surface area contributed by atoms with E-state index in [4.69, 9.17) is 4.74 Å². The number of ether oxygens (including phenoxy) is 1. The molecule has 1 N–H and O–H groups in total. The van der Waals surface area contributed by atoms with Crippen molar-refractivity contribution in [2.75, 3.05) is 18.5 Å². The van der Waals surface area contributed by atoms with Crippen LogP contribution in [0.1, 0.15) is 32.1 Å². The average Bonchev–Trinajstić information content (AvgIpc) is 2.90. The van der Waals surface area contributed by atoms with E-state index in [1.807, 2.05) is 6.07 Å². The van der Waals surface area contributed by atoms with E-state index in [1.54, 1.807) is 24.3 Å². The number of hydrogen-bond acceptors (Lipinski definition) is 5. The summed E-state index contributed by atoms with van der Waals surface area (Å²) in [6.07, 6.45) is 3.32. The van der Waals surface area contributed by atoms with Gasteiger partial charge in [-0.05, 0) is 25.0 Å². The van der Waals surface area contributed by atoms with Crippen LogP contribution < -0.4 is 5.32 Å². The molecule has 2 fully saturated rings. The molecule has 3 amide bonds. The number of carbonyl (C=O) groups excluding carboxylic acids is 4. The minimum absolute atomic E-state index is 0.0177. The number of amides is 3. The van der Waals surface area contributed by atoms with Gasteiger partial charge in [0.1, 0.15) is 0 Å². The summed E-state index contributed by atoms with van der Waals surface area (Å²) in [6.45, 7) is -0.384. The number of likely N-dealkylation sites (tertiary alicyclic amines) is 1. The van der Waals surface area contributed by atoms with Gasteiger partial charge in [0, 0.05) is 12.2 Å². The van der Waals surface area contributed by atoms with Crippen LogP contribution in [0.4, 0.5) is 5.69 Å². The van der Waals surface area contributed by atoms with E-state index >= 15 is 0 Å². The van der Waals surface area contributed by atoms with Gasteiger partial charge in [0.05, 0.1) is 18.3 Å². The second kappa shape index (κ2) is 8.12. The van der Waals surface area contributed by atoms with Crippen LogP contribution in [0.15, 0.2) is 30.3 Å². The van der Waals surface area contributed by atoms with Crippen LogP contribution in [0.2, 0.25) is 0 Å². The summed E-state index contributed by atoms with van der Waals surface area (Å²) in [5.41, 5.74) is 0.615. The Balaban J connectivity index is 1.42. The lowest BCUT2D eigenvalue weighted by Gasteiger charge is -2.19. The van der Waals surface area contributed by atoms with Gasteiger partial charge in [-0.2, -0.15) is 0 Å². The highest BCUT2D eigenvalue weighted by molar-refractivity contribution is 6.05. The molecule has 0 radical (unpaired) electrons. The summed E-state index contributed by atoms with van der Waals surface area (Å²) in [5.74, 6) is -1.83. The highest BCUT2D eigenvalue weighted by Crippen LogP contribution is 2.37. The van der Waals surface area contributed by atoms with Crippen LogP contribution >= 0.6 is 0 Å². The summed E-state index contributed by atoms with van der Waals surface area (Å²) in [7, 11) is 0. The first-order valence-electron chi connectivity index (χ1n) is 8.92. The fourth-order valence-corrected chi connectivity index (χ4v) is 3.59. The highest BCUT2D eigenvalue weighted by atomic mass is 16.5. The number of carbonyl (C=O) groups is 4. The summed E-state index contributed by atoms with van der Waals surface area (Å²) in [4.78, 5) is 49.4. The van der Waals surface area contributed by atoms with Gasteiger partial charge < -0.3 is 10.1 Å². The smallest absolute Gasteiger partial charge is 0.308 e. The summed E-state index contributed by atoms with van der Waals surface area (Å²) < 4.78 is 4.92. The van der Waals surface area contributed by atoms with Crippen LogP contribution in [0.25, 0.3) is 0 Å². The molecule has 1 aromatic carbocycles. The van der Waals surface area contributed by atoms with Gasteiger partial charge in [-0.3, -0.25) is 24.1 Å². The molecule has 1 saturated carbocycles. The third-order valence-corrected chi connectivity index (χ3v) is 4.89. The molecule has 26 heavy (non-hydrogen) atoms. The first kappa shape index (κ1) is 18.1. The minimum atomic E-state index is -0.608. The molecule has 1 aliphatic carbocycles. The number of hydrogen-bond donors (Lipinski definition) is 1. The largest absolute Gasteiger partial charge is 0.456 e. The normalized spacial score (nSPS) is 22.1. The lowest BCUT2D eigenvalue weighted by molar-refractivity contribution is -0.148. The molecule has 2 aliphatic rings. The molecule has 0 bridgehead atoms. The van der Waals surface area contributed by atoms with Crippen molar-refractivity contribution in [3.05, 3.63) is 30.3 Å². The second-order valence-electron chi connectivity index (χ2n) is 6.65. The summed E-state index contributed by atoms with van der Waals surface area (Å²) in [5, 5.41) is 2.61. The van der Waals surface area contributed by atoms with Crippen molar-refractivity contribution in [2.24, 2.45) is 11.8 Å². The van der Waals surface area contributed by atoms with Crippen molar-refractivity contribution in [3.8, 4) is 0 Å². The zero-order valence-electron chi connectivity index (χ0n) is 14.5. The van der Waals surface area contributed by atoms with Crippen LogP contribution in [-0.2, 0) is 23.9 Å². The van der Waals surface area contributed by atoms with Crippen molar-refractivity contribution in [2.45, 2.75) is 32.1 Å². The maximum absolute atomic E-state index is 12.3. The zero-order chi connectivity index (χ0) is 18.5. The third kappa shape index (κ3) is 4.09. The quantitative estimate of drug-likeness (QED) is 0.618. The number of nitrogens with one attached hydrogen (secondary N) is 1. The van der Waals surface area contributed by atoms with Crippen LogP contribution in [0, 0.1) is 11.8 Å².